The summed E-state index contributed by atoms with van der Waals surface area (Å²) in [7, 11) is 0. The van der Waals surface area contributed by atoms with E-state index in [1.807, 2.05) is 19.1 Å². The number of hydrogen-bond acceptors (Lipinski definition) is 2. The van der Waals surface area contributed by atoms with Crippen molar-refractivity contribution in [3.63, 3.8) is 0 Å². The van der Waals surface area contributed by atoms with Gasteiger partial charge in [-0.25, -0.2) is 9.97 Å². The van der Waals surface area contributed by atoms with E-state index in [1.165, 1.54) is 0 Å². The Morgan fingerprint density at radius 3 is 2.80 bits per heavy atom. The molecule has 2 aromatic rings. The maximum Gasteiger partial charge on any atom is 0.126 e. The summed E-state index contributed by atoms with van der Waals surface area (Å²) >= 11 is 3.48. The Morgan fingerprint density at radius 1 is 1.27 bits per heavy atom. The van der Waals surface area contributed by atoms with Crippen LogP contribution in [-0.2, 0) is 6.42 Å². The summed E-state index contributed by atoms with van der Waals surface area (Å²) in [5, 5.41) is 1.16. The van der Waals surface area contributed by atoms with Gasteiger partial charge >= 0.3 is 0 Å². The van der Waals surface area contributed by atoms with Gasteiger partial charge in [0.25, 0.3) is 0 Å². The molecule has 78 valence electrons. The van der Waals surface area contributed by atoms with Crippen LogP contribution in [0.25, 0.3) is 10.9 Å². The zero-order chi connectivity index (χ0) is 10.8. The Morgan fingerprint density at radius 2 is 2.07 bits per heavy atom. The first-order valence-corrected chi connectivity index (χ1v) is 5.93. The molecule has 0 amide bonds. The molecule has 0 saturated carbocycles. The van der Waals surface area contributed by atoms with Crippen LogP contribution in [0, 0.1) is 6.92 Å². The molecular weight excluding hydrogens is 252 g/mol. The van der Waals surface area contributed by atoms with Gasteiger partial charge in [0, 0.05) is 9.86 Å². The molecule has 3 heteroatoms. The molecule has 0 aliphatic heterocycles. The second kappa shape index (κ2) is 4.27. The van der Waals surface area contributed by atoms with Crippen LogP contribution in [0.5, 0.6) is 0 Å². The number of rotatable bonds is 2. The molecule has 0 aliphatic rings. The molecule has 0 bridgehead atoms. The molecule has 0 unspecified atom stereocenters. The van der Waals surface area contributed by atoms with Crippen LogP contribution in [-0.4, -0.2) is 9.97 Å². The van der Waals surface area contributed by atoms with E-state index in [4.69, 9.17) is 0 Å². The predicted molar refractivity (Wildman–Crippen MR) is 66.0 cm³/mol. The van der Waals surface area contributed by atoms with E-state index in [9.17, 15) is 0 Å². The van der Waals surface area contributed by atoms with Crippen LogP contribution in [0.3, 0.4) is 0 Å². The van der Waals surface area contributed by atoms with E-state index in [1.54, 1.807) is 0 Å². The smallest absolute Gasteiger partial charge is 0.126 e. The number of aromatic nitrogens is 2. The molecular formula is C12H13BrN2. The van der Waals surface area contributed by atoms with Crippen molar-refractivity contribution in [1.82, 2.24) is 9.97 Å². The third-order valence-corrected chi connectivity index (χ3v) is 2.83. The summed E-state index contributed by atoms with van der Waals surface area (Å²) in [6, 6.07) is 6.15. The molecule has 1 aromatic heterocycles. The number of nitrogens with zero attached hydrogens (tertiary/aromatic N) is 2. The maximum atomic E-state index is 4.50. The number of halogens is 1. The highest BCUT2D eigenvalue weighted by Crippen LogP contribution is 2.21. The van der Waals surface area contributed by atoms with Gasteiger partial charge in [0.1, 0.15) is 5.82 Å². The quantitative estimate of drug-likeness (QED) is 0.828. The molecule has 0 aliphatic carbocycles. The van der Waals surface area contributed by atoms with Gasteiger partial charge in [0.15, 0.2) is 0 Å². The van der Waals surface area contributed by atoms with Crippen LogP contribution >= 0.6 is 15.9 Å². The minimum Gasteiger partial charge on any atom is -0.238 e. The van der Waals surface area contributed by atoms with Gasteiger partial charge in [-0.2, -0.15) is 0 Å². The van der Waals surface area contributed by atoms with E-state index in [-0.39, 0.29) is 0 Å². The third-order valence-electron chi connectivity index (χ3n) is 2.34. The van der Waals surface area contributed by atoms with Crippen LogP contribution in [0.2, 0.25) is 0 Å². The second-order valence-electron chi connectivity index (χ2n) is 3.63. The lowest BCUT2D eigenvalue weighted by molar-refractivity contribution is 0.873. The van der Waals surface area contributed by atoms with Crippen molar-refractivity contribution in [3.8, 4) is 0 Å². The lowest BCUT2D eigenvalue weighted by atomic mass is 10.1. The van der Waals surface area contributed by atoms with Crippen molar-refractivity contribution < 1.29 is 0 Å². The minimum atomic E-state index is 0.855. The monoisotopic (exact) mass is 264 g/mol. The van der Waals surface area contributed by atoms with Gasteiger partial charge in [0.2, 0.25) is 0 Å². The van der Waals surface area contributed by atoms with E-state index in [2.05, 4.69) is 38.9 Å². The standard InChI is InChI=1S/C12H13BrN2/c1-3-4-11-10-7-9(13)5-6-12(10)15-8(2)14-11/h5-7H,3-4H2,1-2H3. The van der Waals surface area contributed by atoms with Crippen molar-refractivity contribution >= 4 is 26.8 Å². The Bertz CT molecular complexity index is 494. The zero-order valence-corrected chi connectivity index (χ0v) is 10.5. The topological polar surface area (TPSA) is 25.8 Å². The van der Waals surface area contributed by atoms with E-state index < -0.39 is 0 Å². The molecule has 1 heterocycles. The molecule has 0 saturated heterocycles. The SMILES string of the molecule is CCCc1nc(C)nc2ccc(Br)cc12. The number of fused-ring (bicyclic) bond motifs is 1. The first-order valence-electron chi connectivity index (χ1n) is 5.13. The van der Waals surface area contributed by atoms with E-state index >= 15 is 0 Å². The van der Waals surface area contributed by atoms with Crippen molar-refractivity contribution in [2.24, 2.45) is 0 Å². The second-order valence-corrected chi connectivity index (χ2v) is 4.54. The lowest BCUT2D eigenvalue weighted by Gasteiger charge is -2.05. The van der Waals surface area contributed by atoms with Crippen molar-refractivity contribution in [3.05, 3.63) is 34.2 Å². The minimum absolute atomic E-state index is 0.855. The summed E-state index contributed by atoms with van der Waals surface area (Å²) in [5.74, 6) is 0.855. The summed E-state index contributed by atoms with van der Waals surface area (Å²) in [6.45, 7) is 4.11. The highest BCUT2D eigenvalue weighted by Gasteiger charge is 2.05. The van der Waals surface area contributed by atoms with E-state index in [0.717, 1.165) is 39.7 Å². The molecule has 0 spiro atoms. The Labute approximate surface area is 97.9 Å². The number of aryl methyl sites for hydroxylation is 2. The number of hydrogen-bond donors (Lipinski definition) is 0. The van der Waals surface area contributed by atoms with Crippen LogP contribution in [0.1, 0.15) is 24.9 Å². The van der Waals surface area contributed by atoms with Gasteiger partial charge in [-0.1, -0.05) is 29.3 Å². The average molecular weight is 265 g/mol. The van der Waals surface area contributed by atoms with Gasteiger partial charge in [-0.15, -0.1) is 0 Å². The summed E-state index contributed by atoms with van der Waals surface area (Å²) < 4.78 is 1.08. The number of benzene rings is 1. The summed E-state index contributed by atoms with van der Waals surface area (Å²) in [5.41, 5.74) is 2.19. The largest absolute Gasteiger partial charge is 0.238 e. The predicted octanol–water partition coefficient (Wildman–Crippen LogP) is 3.65. The fraction of sp³-hybridized carbons (Fsp3) is 0.333. The maximum absolute atomic E-state index is 4.50. The Hall–Kier alpha value is -0.960. The molecule has 1 aromatic carbocycles. The lowest BCUT2D eigenvalue weighted by Crippen LogP contribution is -1.97. The summed E-state index contributed by atoms with van der Waals surface area (Å²) in [6.07, 6.45) is 2.12. The zero-order valence-electron chi connectivity index (χ0n) is 8.92. The Balaban J connectivity index is 2.70. The van der Waals surface area contributed by atoms with Crippen LogP contribution in [0.4, 0.5) is 0 Å². The molecule has 2 nitrogen and oxygen atoms in total. The molecule has 2 rings (SSSR count). The molecule has 0 atom stereocenters. The first-order chi connectivity index (χ1) is 7.20. The van der Waals surface area contributed by atoms with Gasteiger partial charge in [-0.05, 0) is 31.5 Å². The van der Waals surface area contributed by atoms with Gasteiger partial charge in [0.05, 0.1) is 11.2 Å². The van der Waals surface area contributed by atoms with Crippen molar-refractivity contribution in [2.45, 2.75) is 26.7 Å². The fourth-order valence-electron chi connectivity index (χ4n) is 1.72. The molecule has 0 N–H and O–H groups in total. The normalized spacial score (nSPS) is 10.9. The van der Waals surface area contributed by atoms with Crippen LogP contribution < -0.4 is 0 Å². The van der Waals surface area contributed by atoms with E-state index in [0.29, 0.717) is 0 Å². The van der Waals surface area contributed by atoms with Crippen molar-refractivity contribution in [1.29, 1.82) is 0 Å². The molecule has 15 heavy (non-hydrogen) atoms. The fourth-order valence-corrected chi connectivity index (χ4v) is 2.08. The Kier molecular flexibility index (Phi) is 3.00. The highest BCUT2D eigenvalue weighted by atomic mass is 79.9. The molecule has 0 radical (unpaired) electrons. The molecule has 0 fully saturated rings. The summed E-state index contributed by atoms with van der Waals surface area (Å²) in [4.78, 5) is 8.93. The van der Waals surface area contributed by atoms with Gasteiger partial charge < -0.3 is 0 Å². The van der Waals surface area contributed by atoms with Crippen LogP contribution in [0.15, 0.2) is 22.7 Å². The highest BCUT2D eigenvalue weighted by molar-refractivity contribution is 9.10. The third kappa shape index (κ3) is 2.17. The van der Waals surface area contributed by atoms with Gasteiger partial charge in [-0.3, -0.25) is 0 Å². The first kappa shape index (κ1) is 10.6. The average Bonchev–Trinajstić information content (AvgIpc) is 2.19. The van der Waals surface area contributed by atoms with Crippen molar-refractivity contribution in [2.75, 3.05) is 0 Å².